The second-order valence-electron chi connectivity index (χ2n) is 4.13. The number of nitrogens with two attached hydrogens (primary N) is 1. The molecule has 1 amide bonds. The molecule has 0 spiro atoms. The van der Waals surface area contributed by atoms with Gasteiger partial charge in [-0.1, -0.05) is 31.2 Å². The number of anilines is 1. The van der Waals surface area contributed by atoms with E-state index in [1.54, 1.807) is 0 Å². The van der Waals surface area contributed by atoms with E-state index in [0.717, 1.165) is 12.0 Å². The van der Waals surface area contributed by atoms with Crippen LogP contribution < -0.4 is 11.1 Å². The van der Waals surface area contributed by atoms with Crippen molar-refractivity contribution in [2.45, 2.75) is 19.9 Å². The molecule has 0 radical (unpaired) electrons. The summed E-state index contributed by atoms with van der Waals surface area (Å²) < 4.78 is 0. The molecule has 98 valence electrons. The smallest absolute Gasteiger partial charge is 0.271 e. The molecule has 1 aromatic heterocycles. The van der Waals surface area contributed by atoms with Gasteiger partial charge in [-0.25, -0.2) is 4.98 Å². The highest BCUT2D eigenvalue weighted by atomic mass is 16.1. The summed E-state index contributed by atoms with van der Waals surface area (Å²) in [6.45, 7) is 2.56. The van der Waals surface area contributed by atoms with Gasteiger partial charge in [-0.2, -0.15) is 0 Å². The van der Waals surface area contributed by atoms with Gasteiger partial charge in [0.1, 0.15) is 11.5 Å². The largest absolute Gasteiger partial charge is 0.382 e. The van der Waals surface area contributed by atoms with Crippen molar-refractivity contribution in [3.8, 4) is 0 Å². The summed E-state index contributed by atoms with van der Waals surface area (Å²) in [6, 6.07) is 8.01. The van der Waals surface area contributed by atoms with Crippen LogP contribution in [0, 0.1) is 0 Å². The van der Waals surface area contributed by atoms with Gasteiger partial charge in [0.15, 0.2) is 0 Å². The van der Waals surface area contributed by atoms with Crippen LogP contribution in [0.4, 0.5) is 5.82 Å². The highest BCUT2D eigenvalue weighted by Gasteiger charge is 2.08. The summed E-state index contributed by atoms with van der Waals surface area (Å²) in [5.74, 6) is -0.0349. The molecule has 3 N–H and O–H groups in total. The fourth-order valence-electron chi connectivity index (χ4n) is 1.83. The lowest BCUT2D eigenvalue weighted by Gasteiger charge is -2.09. The first-order chi connectivity index (χ1) is 9.20. The molecule has 0 aliphatic carbocycles. The first-order valence-corrected chi connectivity index (χ1v) is 6.13. The van der Waals surface area contributed by atoms with Gasteiger partial charge in [0, 0.05) is 6.54 Å². The minimum Gasteiger partial charge on any atom is -0.382 e. The summed E-state index contributed by atoms with van der Waals surface area (Å²) in [5, 5.41) is 2.82. The van der Waals surface area contributed by atoms with Crippen molar-refractivity contribution in [2.24, 2.45) is 0 Å². The van der Waals surface area contributed by atoms with E-state index in [2.05, 4.69) is 28.3 Å². The molecule has 0 aliphatic rings. The molecule has 0 unspecified atom stereocenters. The monoisotopic (exact) mass is 256 g/mol. The molecule has 0 atom stereocenters. The van der Waals surface area contributed by atoms with Crippen LogP contribution in [0.25, 0.3) is 0 Å². The van der Waals surface area contributed by atoms with Crippen LogP contribution >= 0.6 is 0 Å². The Balaban J connectivity index is 2.04. The van der Waals surface area contributed by atoms with E-state index in [4.69, 9.17) is 5.73 Å². The number of hydrogen-bond acceptors (Lipinski definition) is 4. The van der Waals surface area contributed by atoms with Crippen molar-refractivity contribution in [3.63, 3.8) is 0 Å². The lowest BCUT2D eigenvalue weighted by molar-refractivity contribution is 0.0945. The van der Waals surface area contributed by atoms with Crippen LogP contribution in [0.5, 0.6) is 0 Å². The Bertz CT molecular complexity index is 583. The average molecular weight is 256 g/mol. The van der Waals surface area contributed by atoms with Gasteiger partial charge in [0.05, 0.1) is 12.4 Å². The number of hydrogen-bond donors (Lipinski definition) is 2. The molecule has 5 nitrogen and oxygen atoms in total. The summed E-state index contributed by atoms with van der Waals surface area (Å²) in [6.07, 6.45) is 3.74. The third-order valence-electron chi connectivity index (χ3n) is 2.82. The van der Waals surface area contributed by atoms with Gasteiger partial charge in [0.25, 0.3) is 5.91 Å². The van der Waals surface area contributed by atoms with Crippen molar-refractivity contribution < 1.29 is 4.79 Å². The number of nitrogens with zero attached hydrogens (tertiary/aromatic N) is 2. The van der Waals surface area contributed by atoms with Crippen molar-refractivity contribution >= 4 is 11.7 Å². The fourth-order valence-corrected chi connectivity index (χ4v) is 1.83. The van der Waals surface area contributed by atoms with E-state index in [9.17, 15) is 4.79 Å². The number of carbonyl (C=O) groups excluding carboxylic acids is 1. The van der Waals surface area contributed by atoms with Gasteiger partial charge in [0.2, 0.25) is 0 Å². The normalized spacial score (nSPS) is 10.2. The number of amides is 1. The second kappa shape index (κ2) is 5.95. The molecule has 19 heavy (non-hydrogen) atoms. The van der Waals surface area contributed by atoms with Gasteiger partial charge in [-0.05, 0) is 17.5 Å². The summed E-state index contributed by atoms with van der Waals surface area (Å²) >= 11 is 0. The molecule has 5 heteroatoms. The SMILES string of the molecule is CCc1ccccc1CNC(=O)c1cncc(N)n1. The Hall–Kier alpha value is -2.43. The van der Waals surface area contributed by atoms with Crippen LogP contribution in [0.1, 0.15) is 28.5 Å². The van der Waals surface area contributed by atoms with E-state index in [-0.39, 0.29) is 17.4 Å². The van der Waals surface area contributed by atoms with Crippen LogP contribution in [0.15, 0.2) is 36.7 Å². The predicted octanol–water partition coefficient (Wildman–Crippen LogP) is 1.55. The predicted molar refractivity (Wildman–Crippen MR) is 73.4 cm³/mol. The summed E-state index contributed by atoms with van der Waals surface area (Å²) in [7, 11) is 0. The maximum absolute atomic E-state index is 11.9. The molecule has 0 saturated heterocycles. The molecule has 2 rings (SSSR count). The van der Waals surface area contributed by atoms with E-state index >= 15 is 0 Å². The van der Waals surface area contributed by atoms with Crippen molar-refractivity contribution in [3.05, 3.63) is 53.5 Å². The second-order valence-corrected chi connectivity index (χ2v) is 4.13. The van der Waals surface area contributed by atoms with E-state index in [1.165, 1.54) is 18.0 Å². The Morgan fingerprint density at radius 3 is 2.68 bits per heavy atom. The highest BCUT2D eigenvalue weighted by molar-refractivity contribution is 5.92. The fraction of sp³-hybridized carbons (Fsp3) is 0.214. The Morgan fingerprint density at radius 2 is 2.00 bits per heavy atom. The molecule has 0 fully saturated rings. The number of nitrogens with one attached hydrogen (secondary N) is 1. The average Bonchev–Trinajstić information content (AvgIpc) is 2.45. The minimum atomic E-state index is -0.272. The molecule has 0 aliphatic heterocycles. The minimum absolute atomic E-state index is 0.231. The van der Waals surface area contributed by atoms with Gasteiger partial charge in [-0.3, -0.25) is 9.78 Å². The number of nitrogen functional groups attached to an aromatic ring is 1. The van der Waals surface area contributed by atoms with Crippen LogP contribution in [-0.2, 0) is 13.0 Å². The molecule has 1 heterocycles. The maximum atomic E-state index is 11.9. The lowest BCUT2D eigenvalue weighted by Crippen LogP contribution is -2.24. The number of carbonyl (C=O) groups is 1. The van der Waals surface area contributed by atoms with Crippen LogP contribution in [-0.4, -0.2) is 15.9 Å². The van der Waals surface area contributed by atoms with Crippen LogP contribution in [0.3, 0.4) is 0 Å². The van der Waals surface area contributed by atoms with Gasteiger partial charge >= 0.3 is 0 Å². The molecule has 1 aromatic carbocycles. The summed E-state index contributed by atoms with van der Waals surface area (Å²) in [4.78, 5) is 19.7. The highest BCUT2D eigenvalue weighted by Crippen LogP contribution is 2.09. The zero-order valence-corrected chi connectivity index (χ0v) is 10.8. The van der Waals surface area contributed by atoms with Gasteiger partial charge < -0.3 is 11.1 Å². The molecule has 2 aromatic rings. The first-order valence-electron chi connectivity index (χ1n) is 6.13. The Kier molecular flexibility index (Phi) is 4.07. The van der Waals surface area contributed by atoms with Crippen LogP contribution in [0.2, 0.25) is 0 Å². The number of benzene rings is 1. The lowest BCUT2D eigenvalue weighted by atomic mass is 10.1. The number of rotatable bonds is 4. The molecular weight excluding hydrogens is 240 g/mol. The third-order valence-corrected chi connectivity index (χ3v) is 2.82. The van der Waals surface area contributed by atoms with E-state index in [1.807, 2.05) is 18.2 Å². The van der Waals surface area contributed by atoms with E-state index in [0.29, 0.717) is 6.54 Å². The number of aryl methyl sites for hydroxylation is 1. The first kappa shape index (κ1) is 13.0. The van der Waals surface area contributed by atoms with Gasteiger partial charge in [-0.15, -0.1) is 0 Å². The zero-order valence-electron chi connectivity index (χ0n) is 10.8. The maximum Gasteiger partial charge on any atom is 0.271 e. The van der Waals surface area contributed by atoms with Crippen molar-refractivity contribution in [1.82, 2.24) is 15.3 Å². The third kappa shape index (κ3) is 3.28. The van der Waals surface area contributed by atoms with Crippen molar-refractivity contribution in [2.75, 3.05) is 5.73 Å². The van der Waals surface area contributed by atoms with E-state index < -0.39 is 0 Å². The molecular formula is C14H16N4O. The molecule has 0 bridgehead atoms. The topological polar surface area (TPSA) is 80.9 Å². The summed E-state index contributed by atoms with van der Waals surface area (Å²) in [5.41, 5.74) is 8.06. The Labute approximate surface area is 111 Å². The Morgan fingerprint density at radius 1 is 1.26 bits per heavy atom. The number of aromatic nitrogens is 2. The quantitative estimate of drug-likeness (QED) is 0.869. The van der Waals surface area contributed by atoms with Crippen molar-refractivity contribution in [1.29, 1.82) is 0 Å². The zero-order chi connectivity index (χ0) is 13.7. The standard InChI is InChI=1S/C14H16N4O/c1-2-10-5-3-4-6-11(10)7-17-14(19)12-8-16-9-13(15)18-12/h3-6,8-9H,2,7H2,1H3,(H2,15,18)(H,17,19). The molecule has 0 saturated carbocycles.